The van der Waals surface area contributed by atoms with E-state index in [1.807, 2.05) is 0 Å². The molecule has 7 fully saturated rings. The van der Waals surface area contributed by atoms with E-state index in [1.54, 1.807) is 37.3 Å². The van der Waals surface area contributed by atoms with E-state index in [4.69, 9.17) is 27.9 Å². The van der Waals surface area contributed by atoms with Crippen molar-refractivity contribution < 1.29 is 61.8 Å². The van der Waals surface area contributed by atoms with Crippen LogP contribution >= 0.6 is 0 Å². The molecule has 6 bridgehead atoms. The van der Waals surface area contributed by atoms with Crippen LogP contribution in [0.3, 0.4) is 0 Å². The summed E-state index contributed by atoms with van der Waals surface area (Å²) in [5.74, 6) is -3.25. The highest BCUT2D eigenvalue weighted by Crippen LogP contribution is 2.83. The summed E-state index contributed by atoms with van der Waals surface area (Å²) >= 11 is -3.09. The Morgan fingerprint density at radius 1 is 1.16 bits per heavy atom. The lowest BCUT2D eigenvalue weighted by Gasteiger charge is -2.65. The molecular weight excluding hydrogens is 516 g/mol. The molecule has 1 aromatic carbocycles. The molecule has 3 saturated carbocycles. The molecule has 1 aromatic rings. The van der Waals surface area contributed by atoms with Crippen LogP contribution in [0, 0.1) is 11.3 Å². The summed E-state index contributed by atoms with van der Waals surface area (Å²) < 4.78 is 58.5. The normalized spacial score (nSPS) is 50.1. The lowest BCUT2D eigenvalue weighted by atomic mass is 9.41. The van der Waals surface area contributed by atoms with Gasteiger partial charge in [0, 0.05) is 12.3 Å². The molecule has 0 radical (unpaired) electrons. The number of aliphatic hydroxyl groups is 4. The van der Waals surface area contributed by atoms with E-state index in [-0.39, 0.29) is 18.4 Å². The average molecular weight is 544 g/mol. The van der Waals surface area contributed by atoms with Crippen LogP contribution < -0.4 is 0 Å². The van der Waals surface area contributed by atoms with Crippen molar-refractivity contribution in [3.05, 3.63) is 35.9 Å². The Bertz CT molecular complexity index is 1100. The minimum atomic E-state index is -3.09. The van der Waals surface area contributed by atoms with Crippen LogP contribution in [0.25, 0.3) is 0 Å². The first-order chi connectivity index (χ1) is 17.5. The van der Waals surface area contributed by atoms with Crippen molar-refractivity contribution in [1.82, 2.24) is 0 Å². The quantitative estimate of drug-likeness (QED) is 0.218. The Labute approximate surface area is 213 Å². The van der Waals surface area contributed by atoms with Crippen molar-refractivity contribution in [3.63, 3.8) is 0 Å². The van der Waals surface area contributed by atoms with Crippen LogP contribution in [0.15, 0.2) is 30.3 Å². The summed E-state index contributed by atoms with van der Waals surface area (Å²) in [7, 11) is 0. The molecule has 4 N–H and O–H groups in total. The highest BCUT2D eigenvalue weighted by molar-refractivity contribution is 7.74. The number of hydrogen-bond acceptors (Lipinski definition) is 13. The molecule has 4 aliphatic heterocycles. The Morgan fingerprint density at radius 2 is 1.89 bits per heavy atom. The molecule has 7 aliphatic rings. The van der Waals surface area contributed by atoms with E-state index in [0.717, 1.165) is 0 Å². The van der Waals surface area contributed by atoms with Gasteiger partial charge in [-0.3, -0.25) is 0 Å². The second-order valence-corrected chi connectivity index (χ2v) is 11.0. The van der Waals surface area contributed by atoms with Crippen LogP contribution in [0.5, 0.6) is 0 Å². The zero-order chi connectivity index (χ0) is 26.4. The maximum atomic E-state index is 12.9. The third-order valence-corrected chi connectivity index (χ3v) is 9.11. The van der Waals surface area contributed by atoms with E-state index >= 15 is 0 Å². The third kappa shape index (κ3) is 3.20. The van der Waals surface area contributed by atoms with Gasteiger partial charge in [0.25, 0.3) is 0 Å². The van der Waals surface area contributed by atoms with Gasteiger partial charge in [0.15, 0.2) is 6.29 Å². The zero-order valence-electron chi connectivity index (χ0n) is 19.6. The van der Waals surface area contributed by atoms with E-state index < -0.39 is 95.9 Å². The van der Waals surface area contributed by atoms with E-state index in [1.165, 1.54) is 0 Å². The first-order valence-electron chi connectivity index (χ1n) is 11.9. The van der Waals surface area contributed by atoms with Gasteiger partial charge in [0.1, 0.15) is 47.6 Å². The smallest absolute Gasteiger partial charge is 0.338 e. The largest absolute Gasteiger partial charge is 0.750 e. The highest BCUT2D eigenvalue weighted by Gasteiger charge is 2.97. The molecule has 204 valence electrons. The van der Waals surface area contributed by atoms with Crippen LogP contribution in [0.1, 0.15) is 30.1 Å². The summed E-state index contributed by atoms with van der Waals surface area (Å²) in [6.45, 7) is 0.599. The van der Waals surface area contributed by atoms with Gasteiger partial charge >= 0.3 is 11.9 Å². The molecule has 2 unspecified atom stereocenters. The number of carbonyl (C=O) groups is 1. The van der Waals surface area contributed by atoms with Crippen LogP contribution in [0.4, 0.5) is 0 Å². The number of carbonyl (C=O) groups excluding carboxylic acids is 1. The number of esters is 1. The topological polar surface area (TPSA) is 193 Å². The number of hydrogen-bond donors (Lipinski definition) is 4. The molecule has 3 aliphatic carbocycles. The van der Waals surface area contributed by atoms with Gasteiger partial charge in [-0.2, -0.15) is 0 Å². The summed E-state index contributed by atoms with van der Waals surface area (Å²) in [5, 5.41) is 40.7. The number of ether oxygens (including phenoxy) is 5. The van der Waals surface area contributed by atoms with Crippen molar-refractivity contribution in [3.8, 4) is 0 Å². The minimum Gasteiger partial charge on any atom is -0.750 e. The Hall–Kier alpha value is -1.56. The average Bonchev–Trinajstić information content (AvgIpc) is 3.04. The second-order valence-electron chi connectivity index (χ2n) is 10.4. The Balaban J connectivity index is 1.38. The fraction of sp³-hybridized carbons (Fsp3) is 0.696. The Morgan fingerprint density at radius 3 is 2.57 bits per heavy atom. The van der Waals surface area contributed by atoms with Gasteiger partial charge in [-0.25, -0.2) is 13.2 Å². The summed E-state index contributed by atoms with van der Waals surface area (Å²) in [4.78, 5) is 12.9. The summed E-state index contributed by atoms with van der Waals surface area (Å²) in [5.41, 5.74) is -3.91. The fourth-order valence-corrected chi connectivity index (χ4v) is 7.49. The van der Waals surface area contributed by atoms with Gasteiger partial charge in [-0.05, 0) is 25.5 Å². The van der Waals surface area contributed by atoms with Gasteiger partial charge in [-0.15, -0.1) is 0 Å². The Kier molecular flexibility index (Phi) is 5.88. The van der Waals surface area contributed by atoms with Crippen LogP contribution in [-0.4, -0.2) is 102 Å². The maximum Gasteiger partial charge on any atom is 0.338 e. The maximum absolute atomic E-state index is 12.9. The third-order valence-electron chi connectivity index (χ3n) is 8.75. The molecular formula is C23H27O13S-. The molecule has 0 amide bonds. The molecule has 12 atom stereocenters. The molecule has 8 rings (SSSR count). The number of aliphatic hydroxyl groups excluding tert-OH is 4. The molecule has 0 spiro atoms. The van der Waals surface area contributed by atoms with Crippen LogP contribution in [-0.2, 0) is 39.2 Å². The molecule has 37 heavy (non-hydrogen) atoms. The predicted octanol–water partition coefficient (Wildman–Crippen LogP) is -1.54. The number of rotatable bonds is 8. The van der Waals surface area contributed by atoms with Crippen molar-refractivity contribution in [2.24, 2.45) is 11.3 Å². The zero-order valence-corrected chi connectivity index (χ0v) is 20.4. The predicted molar refractivity (Wildman–Crippen MR) is 117 cm³/mol. The number of benzene rings is 1. The summed E-state index contributed by atoms with van der Waals surface area (Å²) in [6, 6.07) is 8.19. The van der Waals surface area contributed by atoms with Gasteiger partial charge in [0.05, 0.1) is 29.6 Å². The standard InChI is InChI=1S/C23H28O13S/c1-20-8-13-12-7-22(20,34-19-17(27)16(26)15(25)14(9-24)32-19)21(12,23(33-13,35-20)36-37(29)30)10-31-18(28)11-5-3-2-4-6-11/h2-6,12-17,19,24-27H,7-10H2,1H3,(H,29,30)/p-1/t12?,13-,14-,15-,16+,17-,19+,20+,21-,22+,23+/m0/s1. The summed E-state index contributed by atoms with van der Waals surface area (Å²) in [6.07, 6.45) is -7.76. The second kappa shape index (κ2) is 8.47. The molecule has 14 heteroatoms. The molecule has 4 saturated heterocycles. The van der Waals surface area contributed by atoms with Crippen molar-refractivity contribution in [1.29, 1.82) is 0 Å². The highest BCUT2D eigenvalue weighted by atomic mass is 32.2. The van der Waals surface area contributed by atoms with E-state index in [9.17, 15) is 34.0 Å². The molecule has 4 heterocycles. The molecule has 13 nitrogen and oxygen atoms in total. The van der Waals surface area contributed by atoms with E-state index in [2.05, 4.69) is 0 Å². The van der Waals surface area contributed by atoms with Crippen molar-refractivity contribution in [2.45, 2.75) is 73.8 Å². The van der Waals surface area contributed by atoms with Gasteiger partial charge in [0.2, 0.25) is 0 Å². The van der Waals surface area contributed by atoms with Crippen LogP contribution in [0.2, 0.25) is 0 Å². The first-order valence-corrected chi connectivity index (χ1v) is 12.9. The van der Waals surface area contributed by atoms with Gasteiger partial charge in [-0.1, -0.05) is 18.2 Å². The molecule has 0 aromatic heterocycles. The lowest BCUT2D eigenvalue weighted by Crippen LogP contribution is -2.79. The SMILES string of the molecule is C[C@]12C[C@@H]3O[C@@](OS(=O)[O-])(O1)[C@@]1(COC(=O)c4ccccc4)C3C[C@]12O[C@H]1O[C@@H](CO)[C@H](O)[C@@H](O)[C@@H]1O. The van der Waals surface area contributed by atoms with Crippen molar-refractivity contribution in [2.75, 3.05) is 13.2 Å². The minimum absolute atomic E-state index is 0.253. The fourth-order valence-electron chi connectivity index (χ4n) is 7.09. The lowest BCUT2D eigenvalue weighted by molar-refractivity contribution is -0.394. The van der Waals surface area contributed by atoms with Crippen molar-refractivity contribution >= 4 is 17.3 Å². The first kappa shape index (κ1) is 25.7. The van der Waals surface area contributed by atoms with E-state index in [0.29, 0.717) is 0 Å². The monoisotopic (exact) mass is 543 g/mol. The van der Waals surface area contributed by atoms with Gasteiger partial charge < -0.3 is 48.7 Å².